The van der Waals surface area contributed by atoms with Crippen LogP contribution in [-0.4, -0.2) is 13.7 Å². The Hall–Kier alpha value is -0.860. The SMILES string of the molecule is CO[C@H](C)c1ccc([C@H](C)CN)cc1. The topological polar surface area (TPSA) is 35.2 Å². The van der Waals surface area contributed by atoms with E-state index < -0.39 is 0 Å². The minimum atomic E-state index is 0.164. The van der Waals surface area contributed by atoms with Gasteiger partial charge in [-0.15, -0.1) is 0 Å². The number of ether oxygens (including phenoxy) is 1. The monoisotopic (exact) mass is 193 g/mol. The lowest BCUT2D eigenvalue weighted by Gasteiger charge is -2.12. The molecule has 14 heavy (non-hydrogen) atoms. The van der Waals surface area contributed by atoms with E-state index in [0.717, 1.165) is 0 Å². The number of methoxy groups -OCH3 is 1. The van der Waals surface area contributed by atoms with Crippen LogP contribution in [0.15, 0.2) is 24.3 Å². The van der Waals surface area contributed by atoms with Crippen molar-refractivity contribution in [2.24, 2.45) is 5.73 Å². The molecule has 0 aliphatic heterocycles. The van der Waals surface area contributed by atoms with Crippen LogP contribution >= 0.6 is 0 Å². The minimum Gasteiger partial charge on any atom is -0.377 e. The summed E-state index contributed by atoms with van der Waals surface area (Å²) < 4.78 is 5.24. The maximum Gasteiger partial charge on any atom is 0.0793 e. The summed E-state index contributed by atoms with van der Waals surface area (Å²) in [7, 11) is 1.72. The summed E-state index contributed by atoms with van der Waals surface area (Å²) in [5.74, 6) is 0.432. The molecule has 0 saturated heterocycles. The van der Waals surface area contributed by atoms with E-state index in [1.165, 1.54) is 11.1 Å². The van der Waals surface area contributed by atoms with E-state index in [1.807, 2.05) is 6.92 Å². The summed E-state index contributed by atoms with van der Waals surface area (Å²) in [5, 5.41) is 0. The highest BCUT2D eigenvalue weighted by Crippen LogP contribution is 2.19. The van der Waals surface area contributed by atoms with Crippen molar-refractivity contribution in [2.45, 2.75) is 25.9 Å². The van der Waals surface area contributed by atoms with Crippen LogP contribution in [0.25, 0.3) is 0 Å². The normalized spacial score (nSPS) is 15.1. The summed E-state index contributed by atoms with van der Waals surface area (Å²) >= 11 is 0. The number of benzene rings is 1. The molecule has 0 aliphatic carbocycles. The Labute approximate surface area is 86.1 Å². The third kappa shape index (κ3) is 2.56. The molecule has 78 valence electrons. The standard InChI is InChI=1S/C12H19NO/c1-9(8-13)11-4-6-12(7-5-11)10(2)14-3/h4-7,9-10H,8,13H2,1-3H3/t9-,10-/m1/s1. The molecule has 0 spiro atoms. The van der Waals surface area contributed by atoms with Gasteiger partial charge in [-0.25, -0.2) is 0 Å². The van der Waals surface area contributed by atoms with Crippen LogP contribution in [0.3, 0.4) is 0 Å². The Balaban J connectivity index is 2.78. The quantitative estimate of drug-likeness (QED) is 0.797. The maximum absolute atomic E-state index is 5.60. The highest BCUT2D eigenvalue weighted by molar-refractivity contribution is 5.26. The van der Waals surface area contributed by atoms with Crippen molar-refractivity contribution in [3.05, 3.63) is 35.4 Å². The van der Waals surface area contributed by atoms with Crippen molar-refractivity contribution in [3.8, 4) is 0 Å². The third-order valence-electron chi connectivity index (χ3n) is 2.68. The van der Waals surface area contributed by atoms with Crippen molar-refractivity contribution >= 4 is 0 Å². The molecule has 0 bridgehead atoms. The van der Waals surface area contributed by atoms with Gasteiger partial charge in [-0.2, -0.15) is 0 Å². The molecule has 0 amide bonds. The van der Waals surface area contributed by atoms with Gasteiger partial charge in [-0.05, 0) is 30.5 Å². The van der Waals surface area contributed by atoms with Gasteiger partial charge in [0.05, 0.1) is 6.10 Å². The Bertz CT molecular complexity index is 239. The molecule has 0 radical (unpaired) electrons. The van der Waals surface area contributed by atoms with Gasteiger partial charge >= 0.3 is 0 Å². The average Bonchev–Trinajstić information content (AvgIpc) is 2.27. The van der Waals surface area contributed by atoms with Gasteiger partial charge in [0.15, 0.2) is 0 Å². The molecule has 1 aromatic rings. The second kappa shape index (κ2) is 5.13. The Kier molecular flexibility index (Phi) is 4.11. The van der Waals surface area contributed by atoms with Crippen LogP contribution in [0.2, 0.25) is 0 Å². The van der Waals surface area contributed by atoms with Crippen LogP contribution in [0, 0.1) is 0 Å². The first-order valence-corrected chi connectivity index (χ1v) is 5.01. The Morgan fingerprint density at radius 3 is 2.07 bits per heavy atom. The third-order valence-corrected chi connectivity index (χ3v) is 2.68. The highest BCUT2D eigenvalue weighted by atomic mass is 16.5. The molecule has 0 aromatic heterocycles. The van der Waals surface area contributed by atoms with Gasteiger partial charge in [0, 0.05) is 7.11 Å². The van der Waals surface area contributed by atoms with Crippen LogP contribution in [-0.2, 0) is 4.74 Å². The first kappa shape index (κ1) is 11.2. The highest BCUT2D eigenvalue weighted by Gasteiger charge is 2.05. The van der Waals surface area contributed by atoms with Gasteiger partial charge in [-0.3, -0.25) is 0 Å². The van der Waals surface area contributed by atoms with Crippen LogP contribution in [0.4, 0.5) is 0 Å². The zero-order valence-electron chi connectivity index (χ0n) is 9.16. The van der Waals surface area contributed by atoms with E-state index in [2.05, 4.69) is 31.2 Å². The summed E-state index contributed by atoms with van der Waals surface area (Å²) in [4.78, 5) is 0. The van der Waals surface area contributed by atoms with Gasteiger partial charge in [0.2, 0.25) is 0 Å². The van der Waals surface area contributed by atoms with Gasteiger partial charge in [-0.1, -0.05) is 31.2 Å². The molecule has 2 nitrogen and oxygen atoms in total. The smallest absolute Gasteiger partial charge is 0.0793 e. The molecule has 0 aliphatic rings. The molecule has 2 heteroatoms. The Morgan fingerprint density at radius 1 is 1.14 bits per heavy atom. The van der Waals surface area contributed by atoms with Crippen LogP contribution < -0.4 is 5.73 Å². The molecule has 0 unspecified atom stereocenters. The first-order valence-electron chi connectivity index (χ1n) is 5.01. The lowest BCUT2D eigenvalue weighted by atomic mass is 9.99. The zero-order valence-corrected chi connectivity index (χ0v) is 9.16. The number of nitrogens with two attached hydrogens (primary N) is 1. The summed E-state index contributed by atoms with van der Waals surface area (Å²) in [6.07, 6.45) is 0.164. The van der Waals surface area contributed by atoms with Crippen molar-refractivity contribution in [2.75, 3.05) is 13.7 Å². The van der Waals surface area contributed by atoms with Gasteiger partial charge in [0.25, 0.3) is 0 Å². The average molecular weight is 193 g/mol. The largest absolute Gasteiger partial charge is 0.377 e. The molecule has 1 aromatic carbocycles. The molecular weight excluding hydrogens is 174 g/mol. The first-order chi connectivity index (χ1) is 6.69. The van der Waals surface area contributed by atoms with Crippen molar-refractivity contribution in [1.82, 2.24) is 0 Å². The lowest BCUT2D eigenvalue weighted by molar-refractivity contribution is 0.119. The van der Waals surface area contributed by atoms with Crippen LogP contribution in [0.1, 0.15) is 37.0 Å². The van der Waals surface area contributed by atoms with Crippen molar-refractivity contribution in [3.63, 3.8) is 0 Å². The molecule has 0 fully saturated rings. The van der Waals surface area contributed by atoms with E-state index >= 15 is 0 Å². The van der Waals surface area contributed by atoms with E-state index in [1.54, 1.807) is 7.11 Å². The van der Waals surface area contributed by atoms with E-state index in [-0.39, 0.29) is 6.10 Å². The molecule has 2 N–H and O–H groups in total. The zero-order chi connectivity index (χ0) is 10.6. The van der Waals surface area contributed by atoms with Crippen molar-refractivity contribution < 1.29 is 4.74 Å². The molecular formula is C12H19NO. The second-order valence-corrected chi connectivity index (χ2v) is 3.68. The van der Waals surface area contributed by atoms with Crippen LogP contribution in [0.5, 0.6) is 0 Å². The molecule has 0 heterocycles. The van der Waals surface area contributed by atoms with E-state index in [0.29, 0.717) is 12.5 Å². The van der Waals surface area contributed by atoms with Crippen molar-refractivity contribution in [1.29, 1.82) is 0 Å². The van der Waals surface area contributed by atoms with Gasteiger partial charge in [0.1, 0.15) is 0 Å². The maximum atomic E-state index is 5.60. The fourth-order valence-corrected chi connectivity index (χ4v) is 1.37. The molecule has 1 rings (SSSR count). The van der Waals surface area contributed by atoms with Gasteiger partial charge < -0.3 is 10.5 Å². The molecule has 0 saturated carbocycles. The predicted octanol–water partition coefficient (Wildman–Crippen LogP) is 2.46. The fourth-order valence-electron chi connectivity index (χ4n) is 1.37. The number of hydrogen-bond acceptors (Lipinski definition) is 2. The summed E-state index contributed by atoms with van der Waals surface area (Å²) in [6, 6.07) is 8.47. The fraction of sp³-hybridized carbons (Fsp3) is 0.500. The number of rotatable bonds is 4. The van der Waals surface area contributed by atoms with E-state index in [9.17, 15) is 0 Å². The predicted molar refractivity (Wildman–Crippen MR) is 59.3 cm³/mol. The number of hydrogen-bond donors (Lipinski definition) is 1. The summed E-state index contributed by atoms with van der Waals surface area (Å²) in [6.45, 7) is 4.87. The second-order valence-electron chi connectivity index (χ2n) is 3.68. The Morgan fingerprint density at radius 2 is 1.64 bits per heavy atom. The molecule has 2 atom stereocenters. The summed E-state index contributed by atoms with van der Waals surface area (Å²) in [5.41, 5.74) is 8.10. The minimum absolute atomic E-state index is 0.164. The van der Waals surface area contributed by atoms with E-state index in [4.69, 9.17) is 10.5 Å². The lowest BCUT2D eigenvalue weighted by Crippen LogP contribution is -2.08.